The summed E-state index contributed by atoms with van der Waals surface area (Å²) >= 11 is 0. The molecule has 1 amide bonds. The van der Waals surface area contributed by atoms with Crippen molar-refractivity contribution in [2.24, 2.45) is 5.92 Å². The number of sulfonamides is 1. The van der Waals surface area contributed by atoms with Crippen molar-refractivity contribution in [2.75, 3.05) is 23.7 Å². The van der Waals surface area contributed by atoms with Gasteiger partial charge in [0, 0.05) is 19.5 Å². The van der Waals surface area contributed by atoms with E-state index >= 15 is 0 Å². The minimum Gasteiger partial charge on any atom is -0.356 e. The van der Waals surface area contributed by atoms with Crippen LogP contribution in [0.3, 0.4) is 0 Å². The van der Waals surface area contributed by atoms with Gasteiger partial charge < -0.3 is 5.32 Å². The Kier molecular flexibility index (Phi) is 9.84. The number of benzene rings is 1. The summed E-state index contributed by atoms with van der Waals surface area (Å²) in [6.45, 7) is 9.25. The molecule has 0 fully saturated rings. The summed E-state index contributed by atoms with van der Waals surface area (Å²) in [5, 5.41) is 3.01. The van der Waals surface area contributed by atoms with Gasteiger partial charge in [-0.2, -0.15) is 0 Å². The number of nitrogens with zero attached hydrogens (tertiary/aromatic N) is 1. The van der Waals surface area contributed by atoms with Gasteiger partial charge in [0.15, 0.2) is 0 Å². The number of aryl methyl sites for hydroxylation is 2. The van der Waals surface area contributed by atoms with E-state index in [-0.39, 0.29) is 5.91 Å². The molecule has 1 unspecified atom stereocenters. The molecule has 0 saturated heterocycles. The maximum absolute atomic E-state index is 12.2. The first kappa shape index (κ1) is 23.5. The van der Waals surface area contributed by atoms with Crippen LogP contribution in [0.5, 0.6) is 0 Å². The third kappa shape index (κ3) is 8.78. The molecule has 154 valence electrons. The van der Waals surface area contributed by atoms with Crippen LogP contribution in [-0.2, 0) is 14.8 Å². The topological polar surface area (TPSA) is 66.5 Å². The Hall–Kier alpha value is -1.56. The smallest absolute Gasteiger partial charge is 0.232 e. The molecule has 5 nitrogen and oxygen atoms in total. The molecule has 0 aromatic heterocycles. The highest BCUT2D eigenvalue weighted by Gasteiger charge is 2.18. The van der Waals surface area contributed by atoms with Gasteiger partial charge in [0.25, 0.3) is 0 Å². The zero-order valence-corrected chi connectivity index (χ0v) is 18.4. The number of hydrogen-bond donors (Lipinski definition) is 1. The maximum Gasteiger partial charge on any atom is 0.232 e. The fourth-order valence-corrected chi connectivity index (χ4v) is 4.20. The summed E-state index contributed by atoms with van der Waals surface area (Å²) in [6.07, 6.45) is 6.61. The number of nitrogens with one attached hydrogen (secondary N) is 1. The van der Waals surface area contributed by atoms with Crippen molar-refractivity contribution in [1.82, 2.24) is 5.32 Å². The molecule has 27 heavy (non-hydrogen) atoms. The van der Waals surface area contributed by atoms with Gasteiger partial charge in [0.05, 0.1) is 11.9 Å². The Bertz CT molecular complexity index is 681. The van der Waals surface area contributed by atoms with Crippen LogP contribution < -0.4 is 9.62 Å². The number of amides is 1. The highest BCUT2D eigenvalue weighted by atomic mass is 32.2. The average molecular weight is 397 g/mol. The number of carbonyl (C=O) groups excluding carboxylic acids is 1. The Morgan fingerprint density at radius 1 is 1.11 bits per heavy atom. The van der Waals surface area contributed by atoms with E-state index in [1.54, 1.807) is 0 Å². The molecule has 0 aliphatic heterocycles. The molecule has 0 saturated carbocycles. The minimum atomic E-state index is -3.39. The van der Waals surface area contributed by atoms with E-state index in [4.69, 9.17) is 0 Å². The second kappa shape index (κ2) is 11.3. The Labute approximate surface area is 165 Å². The number of anilines is 1. The van der Waals surface area contributed by atoms with Gasteiger partial charge in [0.1, 0.15) is 0 Å². The van der Waals surface area contributed by atoms with Crippen LogP contribution in [0.15, 0.2) is 18.2 Å². The Morgan fingerprint density at radius 3 is 2.26 bits per heavy atom. The van der Waals surface area contributed by atoms with Gasteiger partial charge in [-0.1, -0.05) is 39.2 Å². The number of carbonyl (C=O) groups is 1. The van der Waals surface area contributed by atoms with E-state index in [9.17, 15) is 13.2 Å². The highest BCUT2D eigenvalue weighted by Crippen LogP contribution is 2.22. The molecule has 1 atom stereocenters. The van der Waals surface area contributed by atoms with Crippen LogP contribution in [0.4, 0.5) is 5.69 Å². The minimum absolute atomic E-state index is 0.00109. The first-order chi connectivity index (χ1) is 12.7. The van der Waals surface area contributed by atoms with E-state index in [1.807, 2.05) is 32.0 Å². The fourth-order valence-electron chi connectivity index (χ4n) is 3.25. The standard InChI is InChI=1S/C21H36N2O3S/c1-6-8-10-19(7-2)16-22-21(24)11-9-12-23(27(5,25)26)20-14-17(3)13-18(4)15-20/h13-15,19H,6-12,16H2,1-5H3,(H,22,24). The number of hydrogen-bond acceptors (Lipinski definition) is 3. The number of rotatable bonds is 12. The van der Waals surface area contributed by atoms with Gasteiger partial charge in [-0.05, 0) is 55.9 Å². The zero-order valence-electron chi connectivity index (χ0n) is 17.5. The van der Waals surface area contributed by atoms with Crippen molar-refractivity contribution in [2.45, 2.75) is 66.2 Å². The second-order valence-electron chi connectivity index (χ2n) is 7.51. The van der Waals surface area contributed by atoms with E-state index in [0.29, 0.717) is 37.5 Å². The van der Waals surface area contributed by atoms with Crippen LogP contribution in [0.25, 0.3) is 0 Å². The first-order valence-corrected chi connectivity index (χ1v) is 11.8. The van der Waals surface area contributed by atoms with Crippen LogP contribution in [0.1, 0.15) is 63.5 Å². The van der Waals surface area contributed by atoms with Crippen molar-refractivity contribution in [3.05, 3.63) is 29.3 Å². The predicted octanol–water partition coefficient (Wildman–Crippen LogP) is 4.18. The van der Waals surface area contributed by atoms with Crippen LogP contribution >= 0.6 is 0 Å². The molecular weight excluding hydrogens is 360 g/mol. The Balaban J connectivity index is 2.58. The van der Waals surface area contributed by atoms with E-state index in [1.165, 1.54) is 23.4 Å². The lowest BCUT2D eigenvalue weighted by Crippen LogP contribution is -2.33. The fraction of sp³-hybridized carbons (Fsp3) is 0.667. The van der Waals surface area contributed by atoms with Gasteiger partial charge in [-0.3, -0.25) is 9.10 Å². The van der Waals surface area contributed by atoms with Crippen molar-refractivity contribution < 1.29 is 13.2 Å². The molecule has 0 aliphatic rings. The molecule has 1 rings (SSSR count). The molecule has 0 aliphatic carbocycles. The monoisotopic (exact) mass is 396 g/mol. The molecule has 0 heterocycles. The van der Waals surface area contributed by atoms with Crippen LogP contribution in [-0.4, -0.2) is 33.7 Å². The summed E-state index contributed by atoms with van der Waals surface area (Å²) in [4.78, 5) is 12.1. The number of unbranched alkanes of at least 4 members (excludes halogenated alkanes) is 1. The summed E-state index contributed by atoms with van der Waals surface area (Å²) in [5.41, 5.74) is 2.71. The van der Waals surface area contributed by atoms with Gasteiger partial charge in [-0.25, -0.2) is 8.42 Å². The van der Waals surface area contributed by atoms with Gasteiger partial charge in [-0.15, -0.1) is 0 Å². The lowest BCUT2D eigenvalue weighted by molar-refractivity contribution is -0.121. The molecule has 0 radical (unpaired) electrons. The second-order valence-corrected chi connectivity index (χ2v) is 9.41. The van der Waals surface area contributed by atoms with E-state index < -0.39 is 10.0 Å². The third-order valence-corrected chi connectivity index (χ3v) is 5.99. The van der Waals surface area contributed by atoms with E-state index in [0.717, 1.165) is 24.0 Å². The van der Waals surface area contributed by atoms with Crippen LogP contribution in [0.2, 0.25) is 0 Å². The quantitative estimate of drug-likeness (QED) is 0.576. The molecule has 6 heteroatoms. The average Bonchev–Trinajstić information content (AvgIpc) is 2.56. The summed E-state index contributed by atoms with van der Waals surface area (Å²) in [5.74, 6) is 0.524. The maximum atomic E-state index is 12.2. The van der Waals surface area contributed by atoms with Crippen molar-refractivity contribution in [1.29, 1.82) is 0 Å². The lowest BCUT2D eigenvalue weighted by Gasteiger charge is -2.23. The van der Waals surface area contributed by atoms with Gasteiger partial charge in [0.2, 0.25) is 15.9 Å². The molecule has 1 aromatic rings. The predicted molar refractivity (Wildman–Crippen MR) is 114 cm³/mol. The van der Waals surface area contributed by atoms with Gasteiger partial charge >= 0.3 is 0 Å². The molecule has 1 N–H and O–H groups in total. The molecular formula is C21H36N2O3S. The summed E-state index contributed by atoms with van der Waals surface area (Å²) in [6, 6.07) is 5.75. The third-order valence-electron chi connectivity index (χ3n) is 4.79. The van der Waals surface area contributed by atoms with E-state index in [2.05, 4.69) is 19.2 Å². The first-order valence-electron chi connectivity index (χ1n) is 10.00. The Morgan fingerprint density at radius 2 is 1.74 bits per heavy atom. The molecule has 1 aromatic carbocycles. The normalized spacial score (nSPS) is 12.6. The zero-order chi connectivity index (χ0) is 20.4. The molecule has 0 spiro atoms. The SMILES string of the molecule is CCCCC(CC)CNC(=O)CCCN(c1cc(C)cc(C)c1)S(C)(=O)=O. The van der Waals surface area contributed by atoms with Crippen LogP contribution in [0, 0.1) is 19.8 Å². The lowest BCUT2D eigenvalue weighted by atomic mass is 9.99. The molecule has 0 bridgehead atoms. The van der Waals surface area contributed by atoms with Crippen molar-refractivity contribution >= 4 is 21.6 Å². The highest BCUT2D eigenvalue weighted by molar-refractivity contribution is 7.92. The largest absolute Gasteiger partial charge is 0.356 e. The van der Waals surface area contributed by atoms with Crippen molar-refractivity contribution in [3.63, 3.8) is 0 Å². The van der Waals surface area contributed by atoms with Crippen molar-refractivity contribution in [3.8, 4) is 0 Å². The summed E-state index contributed by atoms with van der Waals surface area (Å²) < 4.78 is 25.8. The summed E-state index contributed by atoms with van der Waals surface area (Å²) in [7, 11) is -3.39.